The Morgan fingerprint density at radius 1 is 1.18 bits per heavy atom. The Morgan fingerprint density at radius 2 is 1.94 bits per heavy atom. The van der Waals surface area contributed by atoms with Crippen molar-refractivity contribution in [2.75, 3.05) is 45.7 Å². The Bertz CT molecular complexity index is 1070. The van der Waals surface area contributed by atoms with Gasteiger partial charge in [0.25, 0.3) is 5.91 Å². The molecule has 8 heteroatoms. The van der Waals surface area contributed by atoms with Crippen LogP contribution >= 0.6 is 23.1 Å². The lowest BCUT2D eigenvalue weighted by Gasteiger charge is -2.35. The number of fused-ring (bicyclic) bond motifs is 1. The van der Waals surface area contributed by atoms with Gasteiger partial charge < -0.3 is 19.4 Å². The van der Waals surface area contributed by atoms with E-state index in [9.17, 15) is 4.79 Å². The van der Waals surface area contributed by atoms with Crippen LogP contribution < -0.4 is 10.1 Å². The molecule has 1 N–H and O–H groups in total. The normalized spacial score (nSPS) is 17.4. The van der Waals surface area contributed by atoms with Crippen LogP contribution in [0.5, 0.6) is 5.75 Å². The molecule has 5 rings (SSSR count). The number of morpholine rings is 1. The predicted octanol–water partition coefficient (Wildman–Crippen LogP) is 4.14. The maximum atomic E-state index is 13.6. The molecule has 2 aliphatic heterocycles. The maximum Gasteiger partial charge on any atom is 0.254 e. The number of nitrogens with zero attached hydrogens (tertiary/aromatic N) is 2. The number of methoxy groups -OCH3 is 1. The molecule has 0 radical (unpaired) electrons. The summed E-state index contributed by atoms with van der Waals surface area (Å²) in [6.45, 7) is 3.69. The third-order valence-corrected chi connectivity index (χ3v) is 8.72. The molecule has 0 aliphatic carbocycles. The van der Waals surface area contributed by atoms with Crippen molar-refractivity contribution in [3.63, 3.8) is 0 Å². The highest BCUT2D eigenvalue weighted by atomic mass is 32.2. The second-order valence-corrected chi connectivity index (χ2v) is 10.4. The van der Waals surface area contributed by atoms with E-state index in [-0.39, 0.29) is 11.9 Å². The second-order valence-electron chi connectivity index (χ2n) is 8.22. The molecule has 0 bridgehead atoms. The molecule has 174 valence electrons. The third kappa shape index (κ3) is 4.84. The average Bonchev–Trinajstić information content (AvgIpc) is 3.53. The quantitative estimate of drug-likeness (QED) is 0.547. The average molecular weight is 484 g/mol. The van der Waals surface area contributed by atoms with Crippen LogP contribution in [-0.4, -0.2) is 61.1 Å². The highest BCUT2D eigenvalue weighted by Gasteiger charge is 2.28. The number of ether oxygens (including phenoxy) is 2. The molecular weight excluding hydrogens is 454 g/mol. The number of carbonyl (C=O) groups is 1. The first-order valence-electron chi connectivity index (χ1n) is 11.3. The predicted molar refractivity (Wildman–Crippen MR) is 134 cm³/mol. The Kier molecular flexibility index (Phi) is 7.06. The number of hydrogen-bond donors (Lipinski definition) is 1. The Hall–Kier alpha value is -2.26. The summed E-state index contributed by atoms with van der Waals surface area (Å²) in [5, 5.41) is 4.32. The number of carbonyl (C=O) groups excluding carboxylic acids is 1. The van der Waals surface area contributed by atoms with Gasteiger partial charge in [0.2, 0.25) is 0 Å². The van der Waals surface area contributed by atoms with E-state index >= 15 is 0 Å². The van der Waals surface area contributed by atoms with Gasteiger partial charge in [0, 0.05) is 42.7 Å². The van der Waals surface area contributed by atoms with E-state index in [1.807, 2.05) is 48.4 Å². The number of benzene rings is 1. The van der Waals surface area contributed by atoms with Crippen LogP contribution in [0.3, 0.4) is 0 Å². The number of nitrogens with one attached hydrogen (secondary N) is 1. The van der Waals surface area contributed by atoms with Crippen molar-refractivity contribution in [2.24, 2.45) is 0 Å². The molecule has 4 heterocycles. The number of amides is 1. The summed E-state index contributed by atoms with van der Waals surface area (Å²) in [4.78, 5) is 17.4. The first-order valence-corrected chi connectivity index (χ1v) is 13.3. The molecule has 0 spiro atoms. The van der Waals surface area contributed by atoms with Crippen LogP contribution in [0.2, 0.25) is 0 Å². The van der Waals surface area contributed by atoms with Crippen LogP contribution in [0.1, 0.15) is 32.4 Å². The molecule has 0 unspecified atom stereocenters. The lowest BCUT2D eigenvalue weighted by atomic mass is 10.0. The number of aromatic nitrogens is 1. The summed E-state index contributed by atoms with van der Waals surface area (Å²) in [5.41, 5.74) is 3.25. The molecule has 6 nitrogen and oxygen atoms in total. The Morgan fingerprint density at radius 3 is 2.67 bits per heavy atom. The summed E-state index contributed by atoms with van der Waals surface area (Å²) in [6, 6.07) is 12.3. The van der Waals surface area contributed by atoms with Gasteiger partial charge in [-0.05, 0) is 47.6 Å². The van der Waals surface area contributed by atoms with E-state index in [2.05, 4.69) is 26.9 Å². The van der Waals surface area contributed by atoms with E-state index in [0.29, 0.717) is 19.8 Å². The molecule has 1 amide bonds. The molecule has 0 saturated carbocycles. The molecule has 3 aromatic rings. The monoisotopic (exact) mass is 483 g/mol. The summed E-state index contributed by atoms with van der Waals surface area (Å²) < 4.78 is 13.0. The van der Waals surface area contributed by atoms with Crippen molar-refractivity contribution in [1.82, 2.24) is 14.8 Å². The Labute approximate surface area is 202 Å². The molecular formula is C25H29N3O3S2. The highest BCUT2D eigenvalue weighted by Crippen LogP contribution is 2.38. The Balaban J connectivity index is 1.40. The zero-order valence-electron chi connectivity index (χ0n) is 18.8. The smallest absolute Gasteiger partial charge is 0.254 e. The fraction of sp³-hybridized carbons (Fsp3) is 0.400. The topological polar surface area (TPSA) is 55.7 Å². The molecule has 1 atom stereocenters. The number of thioether (sulfide) groups is 1. The molecule has 1 saturated heterocycles. The number of hydrogen-bond acceptors (Lipinski definition) is 6. The maximum absolute atomic E-state index is 13.6. The van der Waals surface area contributed by atoms with E-state index in [1.54, 1.807) is 18.4 Å². The number of rotatable bonds is 7. The van der Waals surface area contributed by atoms with Crippen LogP contribution in [-0.2, 0) is 16.9 Å². The molecule has 2 aliphatic rings. The summed E-state index contributed by atoms with van der Waals surface area (Å²) in [7, 11) is 1.68. The summed E-state index contributed by atoms with van der Waals surface area (Å²) >= 11 is 3.70. The van der Waals surface area contributed by atoms with Crippen LogP contribution in [0.15, 0.2) is 48.8 Å². The zero-order chi connectivity index (χ0) is 22.6. The van der Waals surface area contributed by atoms with E-state index in [4.69, 9.17) is 9.47 Å². The minimum atomic E-state index is 0.0230. The van der Waals surface area contributed by atoms with Gasteiger partial charge in [0.15, 0.2) is 0 Å². The van der Waals surface area contributed by atoms with Gasteiger partial charge in [-0.15, -0.1) is 11.3 Å². The van der Waals surface area contributed by atoms with Crippen molar-refractivity contribution in [3.05, 3.63) is 70.4 Å². The summed E-state index contributed by atoms with van der Waals surface area (Å²) in [6.07, 6.45) is 5.00. The fourth-order valence-electron chi connectivity index (χ4n) is 4.55. The van der Waals surface area contributed by atoms with Crippen molar-refractivity contribution in [3.8, 4) is 10.8 Å². The van der Waals surface area contributed by atoms with E-state index in [0.717, 1.165) is 47.3 Å². The molecule has 1 fully saturated rings. The summed E-state index contributed by atoms with van der Waals surface area (Å²) in [5.74, 6) is 2.92. The first kappa shape index (κ1) is 22.5. The lowest BCUT2D eigenvalue weighted by Crippen LogP contribution is -2.44. The van der Waals surface area contributed by atoms with Gasteiger partial charge in [-0.3, -0.25) is 9.69 Å². The van der Waals surface area contributed by atoms with Gasteiger partial charge in [0.1, 0.15) is 10.8 Å². The number of thiophene rings is 1. The minimum Gasteiger partial charge on any atom is -0.497 e. The van der Waals surface area contributed by atoms with Gasteiger partial charge in [-0.1, -0.05) is 12.1 Å². The van der Waals surface area contributed by atoms with Crippen molar-refractivity contribution < 1.29 is 14.3 Å². The van der Waals surface area contributed by atoms with Crippen LogP contribution in [0, 0.1) is 0 Å². The molecule has 2 aromatic heterocycles. The van der Waals surface area contributed by atoms with Crippen molar-refractivity contribution >= 4 is 29.0 Å². The van der Waals surface area contributed by atoms with Crippen molar-refractivity contribution in [1.29, 1.82) is 0 Å². The van der Waals surface area contributed by atoms with Crippen LogP contribution in [0.4, 0.5) is 0 Å². The fourth-order valence-corrected chi connectivity index (χ4v) is 7.00. The van der Waals surface area contributed by atoms with Gasteiger partial charge in [0.05, 0.1) is 31.9 Å². The SMILES string of the molecule is COc1ccc([C@@H](CNC(=O)c2c(-n3cccc3)sc3c2CCSC3)N2CCOCC2)cc1. The minimum absolute atomic E-state index is 0.0230. The third-order valence-electron chi connectivity index (χ3n) is 6.31. The first-order chi connectivity index (χ1) is 16.2. The van der Waals surface area contributed by atoms with Crippen molar-refractivity contribution in [2.45, 2.75) is 18.2 Å². The molecule has 33 heavy (non-hydrogen) atoms. The van der Waals surface area contributed by atoms with Gasteiger partial charge >= 0.3 is 0 Å². The largest absolute Gasteiger partial charge is 0.497 e. The van der Waals surface area contributed by atoms with Crippen LogP contribution in [0.25, 0.3) is 5.00 Å². The second kappa shape index (κ2) is 10.3. The standard InChI is InChI=1S/C25H29N3O3S2/c1-30-19-6-4-18(5-7-19)21(27-11-13-31-14-12-27)16-26-24(29)23-20-8-15-32-17-22(20)33-25(23)28-9-2-3-10-28/h2-7,9-10,21H,8,11-17H2,1H3,(H,26,29)/t21-/m1/s1. The lowest BCUT2D eigenvalue weighted by molar-refractivity contribution is 0.0162. The van der Waals surface area contributed by atoms with E-state index in [1.165, 1.54) is 16.0 Å². The molecule has 1 aromatic carbocycles. The van der Waals surface area contributed by atoms with E-state index < -0.39 is 0 Å². The highest BCUT2D eigenvalue weighted by molar-refractivity contribution is 7.98. The van der Waals surface area contributed by atoms with Gasteiger partial charge in [-0.25, -0.2) is 0 Å². The zero-order valence-corrected chi connectivity index (χ0v) is 20.4. The van der Waals surface area contributed by atoms with Gasteiger partial charge in [-0.2, -0.15) is 11.8 Å².